The second-order valence-corrected chi connectivity index (χ2v) is 6.17. The van der Waals surface area contributed by atoms with Gasteiger partial charge in [-0.2, -0.15) is 0 Å². The molecule has 0 bridgehead atoms. The average molecular weight is 291 g/mol. The smallest absolute Gasteiger partial charge is 0.122 e. The molecule has 0 amide bonds. The Morgan fingerprint density at radius 2 is 1.95 bits per heavy atom. The molecule has 1 saturated carbocycles. The Morgan fingerprint density at radius 1 is 1.19 bits per heavy atom. The molecule has 1 aliphatic carbocycles. The normalized spacial score (nSPS) is 15.8. The standard InChI is InChI=1S/C18H29NO2/c1-15-8-9-16(2)18(14-15)21-13-5-10-19(11-12-20)17-6-3-4-7-17/h8-9,14,17,20H,3-7,10-13H2,1-2H3. The third-order valence-corrected chi connectivity index (χ3v) is 4.42. The van der Waals surface area contributed by atoms with E-state index in [1.807, 2.05) is 0 Å². The van der Waals surface area contributed by atoms with E-state index in [-0.39, 0.29) is 6.61 Å². The number of aryl methyl sites for hydroxylation is 2. The molecule has 1 aromatic rings. The van der Waals surface area contributed by atoms with Crippen molar-refractivity contribution in [3.63, 3.8) is 0 Å². The third kappa shape index (κ3) is 5.01. The number of nitrogens with zero attached hydrogens (tertiary/aromatic N) is 1. The van der Waals surface area contributed by atoms with E-state index < -0.39 is 0 Å². The van der Waals surface area contributed by atoms with Crippen molar-refractivity contribution in [2.75, 3.05) is 26.3 Å². The van der Waals surface area contributed by atoms with Crippen LogP contribution in [0, 0.1) is 13.8 Å². The van der Waals surface area contributed by atoms with Gasteiger partial charge in [-0.25, -0.2) is 0 Å². The molecule has 21 heavy (non-hydrogen) atoms. The molecule has 0 spiro atoms. The highest BCUT2D eigenvalue weighted by atomic mass is 16.5. The van der Waals surface area contributed by atoms with Crippen LogP contribution in [0.3, 0.4) is 0 Å². The zero-order chi connectivity index (χ0) is 15.1. The summed E-state index contributed by atoms with van der Waals surface area (Å²) in [6.45, 7) is 7.01. The summed E-state index contributed by atoms with van der Waals surface area (Å²) in [5.41, 5.74) is 2.44. The first-order valence-corrected chi connectivity index (χ1v) is 8.25. The van der Waals surface area contributed by atoms with Gasteiger partial charge in [0.15, 0.2) is 0 Å². The topological polar surface area (TPSA) is 32.7 Å². The molecular weight excluding hydrogens is 262 g/mol. The number of aliphatic hydroxyl groups excluding tert-OH is 1. The minimum Gasteiger partial charge on any atom is -0.493 e. The van der Waals surface area contributed by atoms with Gasteiger partial charge in [0.2, 0.25) is 0 Å². The van der Waals surface area contributed by atoms with Gasteiger partial charge in [-0.05, 0) is 50.3 Å². The van der Waals surface area contributed by atoms with Gasteiger partial charge in [0.25, 0.3) is 0 Å². The zero-order valence-corrected chi connectivity index (χ0v) is 13.5. The predicted molar refractivity (Wildman–Crippen MR) is 86.9 cm³/mol. The molecule has 1 N–H and O–H groups in total. The van der Waals surface area contributed by atoms with Gasteiger partial charge >= 0.3 is 0 Å². The van der Waals surface area contributed by atoms with E-state index in [0.717, 1.165) is 31.9 Å². The van der Waals surface area contributed by atoms with Crippen LogP contribution in [-0.2, 0) is 0 Å². The van der Waals surface area contributed by atoms with Crippen LogP contribution in [0.2, 0.25) is 0 Å². The highest BCUT2D eigenvalue weighted by molar-refractivity contribution is 5.35. The molecule has 1 aliphatic rings. The van der Waals surface area contributed by atoms with Crippen molar-refractivity contribution in [2.24, 2.45) is 0 Å². The van der Waals surface area contributed by atoms with E-state index in [4.69, 9.17) is 4.74 Å². The minimum atomic E-state index is 0.258. The minimum absolute atomic E-state index is 0.258. The molecule has 3 nitrogen and oxygen atoms in total. The van der Waals surface area contributed by atoms with E-state index in [2.05, 4.69) is 36.9 Å². The summed E-state index contributed by atoms with van der Waals surface area (Å²) in [5, 5.41) is 9.23. The van der Waals surface area contributed by atoms with Gasteiger partial charge in [0.05, 0.1) is 13.2 Å². The van der Waals surface area contributed by atoms with Crippen LogP contribution in [0.1, 0.15) is 43.2 Å². The molecule has 0 radical (unpaired) electrons. The van der Waals surface area contributed by atoms with E-state index >= 15 is 0 Å². The van der Waals surface area contributed by atoms with E-state index in [1.54, 1.807) is 0 Å². The molecule has 0 unspecified atom stereocenters. The van der Waals surface area contributed by atoms with Crippen molar-refractivity contribution < 1.29 is 9.84 Å². The van der Waals surface area contributed by atoms with Crippen molar-refractivity contribution in [3.8, 4) is 5.75 Å². The fourth-order valence-corrected chi connectivity index (χ4v) is 3.19. The Hall–Kier alpha value is -1.06. The maximum Gasteiger partial charge on any atom is 0.122 e. The van der Waals surface area contributed by atoms with E-state index in [9.17, 15) is 5.11 Å². The van der Waals surface area contributed by atoms with Crippen molar-refractivity contribution in [2.45, 2.75) is 52.0 Å². The summed E-state index contributed by atoms with van der Waals surface area (Å²) in [7, 11) is 0. The summed E-state index contributed by atoms with van der Waals surface area (Å²) in [6.07, 6.45) is 6.27. The van der Waals surface area contributed by atoms with Gasteiger partial charge in [-0.1, -0.05) is 25.0 Å². The summed E-state index contributed by atoms with van der Waals surface area (Å²) in [6, 6.07) is 7.02. The molecule has 1 aromatic carbocycles. The van der Waals surface area contributed by atoms with Gasteiger partial charge in [0.1, 0.15) is 5.75 Å². The lowest BCUT2D eigenvalue weighted by Gasteiger charge is -2.28. The SMILES string of the molecule is Cc1ccc(C)c(OCCCN(CCO)C2CCCC2)c1. The number of hydrogen-bond acceptors (Lipinski definition) is 3. The molecule has 1 fully saturated rings. The van der Waals surface area contributed by atoms with Gasteiger partial charge in [0, 0.05) is 19.1 Å². The van der Waals surface area contributed by atoms with Crippen molar-refractivity contribution in [3.05, 3.63) is 29.3 Å². The molecular formula is C18H29NO2. The summed E-state index contributed by atoms with van der Waals surface area (Å²) in [5.74, 6) is 1.00. The first-order valence-electron chi connectivity index (χ1n) is 8.25. The van der Waals surface area contributed by atoms with Crippen molar-refractivity contribution >= 4 is 0 Å². The fraction of sp³-hybridized carbons (Fsp3) is 0.667. The van der Waals surface area contributed by atoms with E-state index in [1.165, 1.54) is 36.8 Å². The van der Waals surface area contributed by atoms with Crippen LogP contribution in [0.5, 0.6) is 5.75 Å². The number of aliphatic hydroxyl groups is 1. The maximum atomic E-state index is 9.23. The third-order valence-electron chi connectivity index (χ3n) is 4.42. The molecule has 0 heterocycles. The lowest BCUT2D eigenvalue weighted by Crippen LogP contribution is -2.37. The van der Waals surface area contributed by atoms with Crippen LogP contribution in [0.15, 0.2) is 18.2 Å². The zero-order valence-electron chi connectivity index (χ0n) is 13.5. The summed E-state index contributed by atoms with van der Waals surface area (Å²) >= 11 is 0. The van der Waals surface area contributed by atoms with Crippen LogP contribution >= 0.6 is 0 Å². The quantitative estimate of drug-likeness (QED) is 0.746. The molecule has 0 aromatic heterocycles. The Labute approximate surface area is 128 Å². The van der Waals surface area contributed by atoms with Crippen LogP contribution in [0.25, 0.3) is 0 Å². The van der Waals surface area contributed by atoms with Gasteiger partial charge in [-0.15, -0.1) is 0 Å². The van der Waals surface area contributed by atoms with Crippen molar-refractivity contribution in [1.29, 1.82) is 0 Å². The molecule has 0 aliphatic heterocycles. The summed E-state index contributed by atoms with van der Waals surface area (Å²) in [4.78, 5) is 2.44. The fourth-order valence-electron chi connectivity index (χ4n) is 3.19. The van der Waals surface area contributed by atoms with E-state index in [0.29, 0.717) is 6.04 Å². The van der Waals surface area contributed by atoms with Gasteiger partial charge < -0.3 is 9.84 Å². The predicted octanol–water partition coefficient (Wildman–Crippen LogP) is 3.31. The second-order valence-electron chi connectivity index (χ2n) is 6.17. The molecule has 0 atom stereocenters. The highest BCUT2D eigenvalue weighted by Gasteiger charge is 2.21. The maximum absolute atomic E-state index is 9.23. The number of benzene rings is 1. The average Bonchev–Trinajstić information content (AvgIpc) is 3.00. The summed E-state index contributed by atoms with van der Waals surface area (Å²) < 4.78 is 5.92. The van der Waals surface area contributed by atoms with Crippen molar-refractivity contribution in [1.82, 2.24) is 4.90 Å². The number of rotatable bonds is 8. The number of ether oxygens (including phenoxy) is 1. The number of hydrogen-bond donors (Lipinski definition) is 1. The first-order chi connectivity index (χ1) is 10.2. The Morgan fingerprint density at radius 3 is 2.67 bits per heavy atom. The Balaban J connectivity index is 1.75. The Bertz CT molecular complexity index is 427. The largest absolute Gasteiger partial charge is 0.493 e. The van der Waals surface area contributed by atoms with Crippen LogP contribution in [0.4, 0.5) is 0 Å². The van der Waals surface area contributed by atoms with Gasteiger partial charge in [-0.3, -0.25) is 4.90 Å². The molecule has 0 saturated heterocycles. The lowest BCUT2D eigenvalue weighted by atomic mass is 10.1. The molecule has 2 rings (SSSR count). The monoisotopic (exact) mass is 291 g/mol. The molecule has 3 heteroatoms. The first kappa shape index (κ1) is 16.3. The van der Waals surface area contributed by atoms with Crippen LogP contribution in [-0.4, -0.2) is 42.4 Å². The highest BCUT2D eigenvalue weighted by Crippen LogP contribution is 2.23. The molecule has 118 valence electrons. The lowest BCUT2D eigenvalue weighted by molar-refractivity contribution is 0.142. The second kappa shape index (κ2) is 8.40. The van der Waals surface area contributed by atoms with Crippen LogP contribution < -0.4 is 4.74 Å². The Kier molecular flexibility index (Phi) is 6.52.